The molecule has 3 aliphatic rings. The maximum atomic E-state index is 14.2. The third kappa shape index (κ3) is 3.05. The lowest BCUT2D eigenvalue weighted by Gasteiger charge is -2.25. The number of fused-ring (bicyclic) bond motifs is 2. The summed E-state index contributed by atoms with van der Waals surface area (Å²) >= 11 is 0. The van der Waals surface area contributed by atoms with Crippen molar-refractivity contribution < 1.29 is 23.1 Å². The summed E-state index contributed by atoms with van der Waals surface area (Å²) in [4.78, 5) is 28.9. The van der Waals surface area contributed by atoms with Crippen molar-refractivity contribution in [2.24, 2.45) is 5.92 Å². The van der Waals surface area contributed by atoms with E-state index in [-0.39, 0.29) is 35.4 Å². The number of halogens is 2. The maximum Gasteiger partial charge on any atom is 0.257 e. The first-order valence-corrected chi connectivity index (χ1v) is 9.74. The molecule has 2 heterocycles. The largest absolute Gasteiger partial charge is 0.485 e. The summed E-state index contributed by atoms with van der Waals surface area (Å²) in [5.41, 5.74) is 1.13. The number of nitrogens with zero attached hydrogens (tertiary/aromatic N) is 2. The van der Waals surface area contributed by atoms with E-state index in [2.05, 4.69) is 0 Å². The van der Waals surface area contributed by atoms with Crippen LogP contribution in [0.2, 0.25) is 0 Å². The van der Waals surface area contributed by atoms with E-state index in [1.807, 2.05) is 0 Å². The van der Waals surface area contributed by atoms with Crippen LogP contribution in [0.25, 0.3) is 11.1 Å². The van der Waals surface area contributed by atoms with Crippen molar-refractivity contribution in [2.45, 2.75) is 25.0 Å². The Morgan fingerprint density at radius 2 is 1.83 bits per heavy atom. The standard InChI is InChI=1S/C22H20F2N2O3/c1-25-18-10-26(21(27)12-2-3-12)11-20(18)29-19-8-13(4-6-16(19)22(25)28)15-7-5-14(23)9-17(15)24/h4-9,12,18,20H,2-3,10-11H2,1H3/t18-,20+/m1/s1. The molecule has 5 rings (SSSR count). The second-order valence-corrected chi connectivity index (χ2v) is 7.99. The number of amides is 2. The van der Waals surface area contributed by atoms with Gasteiger partial charge in [0.2, 0.25) is 5.91 Å². The summed E-state index contributed by atoms with van der Waals surface area (Å²) in [5.74, 6) is -0.926. The fourth-order valence-corrected chi connectivity index (χ4v) is 4.20. The van der Waals surface area contributed by atoms with E-state index in [1.165, 1.54) is 12.1 Å². The third-order valence-electron chi connectivity index (χ3n) is 6.03. The van der Waals surface area contributed by atoms with Crippen molar-refractivity contribution in [1.29, 1.82) is 0 Å². The molecule has 2 aliphatic heterocycles. The van der Waals surface area contributed by atoms with Gasteiger partial charge in [-0.3, -0.25) is 9.59 Å². The minimum absolute atomic E-state index is 0.110. The van der Waals surface area contributed by atoms with E-state index in [0.717, 1.165) is 18.9 Å². The molecule has 1 aliphatic carbocycles. The average Bonchev–Trinajstić information content (AvgIpc) is 3.47. The van der Waals surface area contributed by atoms with Gasteiger partial charge >= 0.3 is 0 Å². The molecule has 0 N–H and O–H groups in total. The molecule has 2 fully saturated rings. The summed E-state index contributed by atoms with van der Waals surface area (Å²) in [7, 11) is 1.72. The Morgan fingerprint density at radius 3 is 2.55 bits per heavy atom. The highest BCUT2D eigenvalue weighted by atomic mass is 19.1. The zero-order valence-corrected chi connectivity index (χ0v) is 15.9. The highest BCUT2D eigenvalue weighted by molar-refractivity contribution is 5.98. The lowest BCUT2D eigenvalue weighted by molar-refractivity contribution is -0.131. The van der Waals surface area contributed by atoms with E-state index < -0.39 is 11.6 Å². The molecule has 0 spiro atoms. The van der Waals surface area contributed by atoms with E-state index in [1.54, 1.807) is 35.0 Å². The van der Waals surface area contributed by atoms with Crippen LogP contribution in [0.3, 0.4) is 0 Å². The smallest absolute Gasteiger partial charge is 0.257 e. The van der Waals surface area contributed by atoms with Crippen LogP contribution >= 0.6 is 0 Å². The Labute approximate surface area is 166 Å². The first kappa shape index (κ1) is 18.1. The Bertz CT molecular complexity index is 1020. The summed E-state index contributed by atoms with van der Waals surface area (Å²) in [6.07, 6.45) is 1.51. The number of hydrogen-bond acceptors (Lipinski definition) is 3. The summed E-state index contributed by atoms with van der Waals surface area (Å²) in [6, 6.07) is 8.02. The van der Waals surface area contributed by atoms with Crippen LogP contribution in [-0.2, 0) is 4.79 Å². The molecule has 1 saturated heterocycles. The number of rotatable bonds is 2. The van der Waals surface area contributed by atoms with Crippen LogP contribution in [0, 0.1) is 17.6 Å². The van der Waals surface area contributed by atoms with Crippen LogP contribution in [0.4, 0.5) is 8.78 Å². The Kier molecular flexibility index (Phi) is 4.08. The number of ether oxygens (including phenoxy) is 1. The summed E-state index contributed by atoms with van der Waals surface area (Å²) in [5, 5.41) is 0. The Hall–Kier alpha value is -2.96. The predicted octanol–water partition coefficient (Wildman–Crippen LogP) is 3.09. The van der Waals surface area contributed by atoms with Crippen LogP contribution in [0.1, 0.15) is 23.2 Å². The molecular formula is C22H20F2N2O3. The highest BCUT2D eigenvalue weighted by Gasteiger charge is 2.46. The molecule has 1 saturated carbocycles. The number of benzene rings is 2. The van der Waals surface area contributed by atoms with Gasteiger partial charge in [0.1, 0.15) is 23.5 Å². The van der Waals surface area contributed by atoms with Crippen LogP contribution in [-0.4, -0.2) is 53.9 Å². The van der Waals surface area contributed by atoms with Crippen molar-refractivity contribution in [1.82, 2.24) is 9.80 Å². The molecule has 2 atom stereocenters. The molecule has 7 heteroatoms. The molecule has 0 bridgehead atoms. The highest BCUT2D eigenvalue weighted by Crippen LogP contribution is 2.37. The van der Waals surface area contributed by atoms with Gasteiger partial charge in [0.15, 0.2) is 0 Å². The molecule has 2 aromatic rings. The fraction of sp³-hybridized carbons (Fsp3) is 0.364. The Morgan fingerprint density at radius 1 is 1.07 bits per heavy atom. The number of carbonyl (C=O) groups excluding carboxylic acids is 2. The number of hydrogen-bond donors (Lipinski definition) is 0. The van der Waals surface area contributed by atoms with Gasteiger partial charge in [-0.1, -0.05) is 6.07 Å². The van der Waals surface area contributed by atoms with Gasteiger partial charge in [0.25, 0.3) is 5.91 Å². The maximum absolute atomic E-state index is 14.2. The molecule has 0 radical (unpaired) electrons. The quantitative estimate of drug-likeness (QED) is 0.781. The van der Waals surface area contributed by atoms with Crippen molar-refractivity contribution in [3.8, 4) is 16.9 Å². The molecule has 0 aromatic heterocycles. The number of likely N-dealkylation sites (tertiary alicyclic amines) is 1. The second-order valence-electron chi connectivity index (χ2n) is 7.99. The van der Waals surface area contributed by atoms with E-state index >= 15 is 0 Å². The second kappa shape index (κ2) is 6.54. The average molecular weight is 398 g/mol. The van der Waals surface area contributed by atoms with Crippen molar-refractivity contribution in [3.05, 3.63) is 53.6 Å². The molecular weight excluding hydrogens is 378 g/mol. The minimum atomic E-state index is -0.679. The monoisotopic (exact) mass is 398 g/mol. The molecule has 150 valence electrons. The van der Waals surface area contributed by atoms with Crippen molar-refractivity contribution >= 4 is 11.8 Å². The SMILES string of the molecule is CN1C(=O)c2ccc(-c3ccc(F)cc3F)cc2O[C@H]2CN(C(=O)C3CC3)C[C@H]21. The van der Waals surface area contributed by atoms with E-state index in [4.69, 9.17) is 4.74 Å². The normalized spacial score (nSPS) is 23.3. The zero-order chi connectivity index (χ0) is 20.3. The van der Waals surface area contributed by atoms with Gasteiger partial charge in [0, 0.05) is 31.1 Å². The first-order valence-electron chi connectivity index (χ1n) is 9.74. The number of carbonyl (C=O) groups is 2. The number of likely N-dealkylation sites (N-methyl/N-ethyl adjacent to an activating group) is 1. The minimum Gasteiger partial charge on any atom is -0.485 e. The lowest BCUT2D eigenvalue weighted by atomic mass is 10.0. The van der Waals surface area contributed by atoms with E-state index in [9.17, 15) is 18.4 Å². The molecule has 0 unspecified atom stereocenters. The van der Waals surface area contributed by atoms with Gasteiger partial charge < -0.3 is 14.5 Å². The molecule has 2 aromatic carbocycles. The third-order valence-corrected chi connectivity index (χ3v) is 6.03. The van der Waals surface area contributed by atoms with Crippen molar-refractivity contribution in [3.63, 3.8) is 0 Å². The van der Waals surface area contributed by atoms with Gasteiger partial charge in [0.05, 0.1) is 18.2 Å². The van der Waals surface area contributed by atoms with Gasteiger partial charge in [-0.15, -0.1) is 0 Å². The first-order chi connectivity index (χ1) is 13.9. The van der Waals surface area contributed by atoms with Gasteiger partial charge in [-0.05, 0) is 42.7 Å². The predicted molar refractivity (Wildman–Crippen MR) is 101 cm³/mol. The molecule has 29 heavy (non-hydrogen) atoms. The summed E-state index contributed by atoms with van der Waals surface area (Å²) < 4.78 is 33.6. The zero-order valence-electron chi connectivity index (χ0n) is 15.9. The molecule has 2 amide bonds. The topological polar surface area (TPSA) is 49.9 Å². The van der Waals surface area contributed by atoms with Gasteiger partial charge in [-0.2, -0.15) is 0 Å². The van der Waals surface area contributed by atoms with E-state index in [0.29, 0.717) is 30.0 Å². The van der Waals surface area contributed by atoms with Gasteiger partial charge in [-0.25, -0.2) is 8.78 Å². The molecule has 5 nitrogen and oxygen atoms in total. The van der Waals surface area contributed by atoms with Crippen molar-refractivity contribution in [2.75, 3.05) is 20.1 Å². The van der Waals surface area contributed by atoms with Crippen LogP contribution < -0.4 is 4.74 Å². The van der Waals surface area contributed by atoms with Crippen LogP contribution in [0.5, 0.6) is 5.75 Å². The lowest BCUT2D eigenvalue weighted by Crippen LogP contribution is -2.44. The summed E-state index contributed by atoms with van der Waals surface area (Å²) in [6.45, 7) is 0.877. The Balaban J connectivity index is 1.49. The van der Waals surface area contributed by atoms with Crippen LogP contribution in [0.15, 0.2) is 36.4 Å². The fourth-order valence-electron chi connectivity index (χ4n) is 4.20.